The number of aliphatic hydroxyl groups excluding tert-OH is 1. The minimum Gasteiger partial charge on any atom is -0.490 e. The van der Waals surface area contributed by atoms with Gasteiger partial charge in [0.25, 0.3) is 0 Å². The molecule has 0 bridgehead atoms. The van der Waals surface area contributed by atoms with E-state index in [1.807, 2.05) is 0 Å². The summed E-state index contributed by atoms with van der Waals surface area (Å²) in [6, 6.07) is 0. The molecule has 0 aliphatic heterocycles. The van der Waals surface area contributed by atoms with Crippen LogP contribution in [0.3, 0.4) is 0 Å². The summed E-state index contributed by atoms with van der Waals surface area (Å²) in [6.07, 6.45) is 6.65. The van der Waals surface area contributed by atoms with Gasteiger partial charge < -0.3 is 20.5 Å². The van der Waals surface area contributed by atoms with E-state index in [4.69, 9.17) is 9.84 Å². The standard InChI is InChI=1S/C14H26N4O2/c1-3-8-15-13-12(20-2)14(18-11-17-13)16-9-6-4-5-7-10-19/h11,19H,3-10H2,1-2H3,(H2,15,16,17,18). The Labute approximate surface area is 121 Å². The van der Waals surface area contributed by atoms with Crippen LogP contribution in [0.15, 0.2) is 6.33 Å². The van der Waals surface area contributed by atoms with Crippen LogP contribution in [0, 0.1) is 0 Å². The predicted molar refractivity (Wildman–Crippen MR) is 81.4 cm³/mol. The molecule has 0 aromatic carbocycles. The first-order valence-corrected chi connectivity index (χ1v) is 7.31. The zero-order chi connectivity index (χ0) is 14.6. The van der Waals surface area contributed by atoms with Crippen molar-refractivity contribution >= 4 is 11.6 Å². The van der Waals surface area contributed by atoms with Gasteiger partial charge in [-0.2, -0.15) is 0 Å². The van der Waals surface area contributed by atoms with Crippen LogP contribution in [-0.2, 0) is 0 Å². The SMILES string of the molecule is CCCNc1ncnc(NCCCCCCO)c1OC. The Morgan fingerprint density at radius 2 is 1.70 bits per heavy atom. The highest BCUT2D eigenvalue weighted by Crippen LogP contribution is 2.28. The number of anilines is 2. The number of aromatic nitrogens is 2. The second kappa shape index (κ2) is 10.3. The highest BCUT2D eigenvalue weighted by molar-refractivity contribution is 5.63. The number of hydrogen-bond acceptors (Lipinski definition) is 6. The van der Waals surface area contributed by atoms with E-state index in [1.54, 1.807) is 7.11 Å². The lowest BCUT2D eigenvalue weighted by atomic mass is 10.2. The number of hydrogen-bond donors (Lipinski definition) is 3. The Kier molecular flexibility index (Phi) is 8.46. The highest BCUT2D eigenvalue weighted by atomic mass is 16.5. The number of aliphatic hydroxyl groups is 1. The topological polar surface area (TPSA) is 79.3 Å². The summed E-state index contributed by atoms with van der Waals surface area (Å²) in [7, 11) is 1.63. The number of methoxy groups -OCH3 is 1. The van der Waals surface area contributed by atoms with E-state index in [2.05, 4.69) is 27.5 Å². The third kappa shape index (κ3) is 5.61. The average molecular weight is 282 g/mol. The average Bonchev–Trinajstić information content (AvgIpc) is 2.48. The van der Waals surface area contributed by atoms with Gasteiger partial charge in [0.2, 0.25) is 5.75 Å². The van der Waals surface area contributed by atoms with Crippen LogP contribution in [0.5, 0.6) is 5.75 Å². The molecule has 6 heteroatoms. The van der Waals surface area contributed by atoms with Gasteiger partial charge in [-0.15, -0.1) is 0 Å². The van der Waals surface area contributed by atoms with Crippen molar-refractivity contribution in [1.82, 2.24) is 9.97 Å². The van der Waals surface area contributed by atoms with Gasteiger partial charge in [-0.05, 0) is 19.3 Å². The molecule has 0 unspecified atom stereocenters. The molecule has 0 aliphatic rings. The summed E-state index contributed by atoms with van der Waals surface area (Å²) < 4.78 is 5.39. The van der Waals surface area contributed by atoms with E-state index in [9.17, 15) is 0 Å². The molecule has 1 aromatic heterocycles. The van der Waals surface area contributed by atoms with Gasteiger partial charge in [0, 0.05) is 19.7 Å². The van der Waals surface area contributed by atoms with Crippen molar-refractivity contribution in [3.05, 3.63) is 6.33 Å². The fraction of sp³-hybridized carbons (Fsp3) is 0.714. The van der Waals surface area contributed by atoms with Crippen molar-refractivity contribution in [2.24, 2.45) is 0 Å². The molecule has 114 valence electrons. The number of nitrogens with one attached hydrogen (secondary N) is 2. The van der Waals surface area contributed by atoms with Crippen LogP contribution in [0.4, 0.5) is 11.6 Å². The molecule has 0 saturated carbocycles. The molecule has 20 heavy (non-hydrogen) atoms. The van der Waals surface area contributed by atoms with Crippen molar-refractivity contribution in [3.8, 4) is 5.75 Å². The quantitative estimate of drug-likeness (QED) is 0.540. The van der Waals surface area contributed by atoms with Gasteiger partial charge in [-0.1, -0.05) is 19.8 Å². The third-order valence-electron chi connectivity index (χ3n) is 2.93. The molecule has 0 spiro atoms. The molecule has 0 amide bonds. The first kappa shape index (κ1) is 16.5. The van der Waals surface area contributed by atoms with Crippen molar-refractivity contribution in [1.29, 1.82) is 0 Å². The number of unbranched alkanes of at least 4 members (excludes halogenated alkanes) is 3. The molecule has 0 fully saturated rings. The molecular weight excluding hydrogens is 256 g/mol. The Bertz CT molecular complexity index is 374. The molecule has 1 heterocycles. The first-order chi connectivity index (χ1) is 9.83. The molecule has 0 saturated heterocycles. The lowest BCUT2D eigenvalue weighted by molar-refractivity contribution is 0.283. The van der Waals surface area contributed by atoms with E-state index < -0.39 is 0 Å². The van der Waals surface area contributed by atoms with Gasteiger partial charge >= 0.3 is 0 Å². The normalized spacial score (nSPS) is 10.3. The molecule has 0 aliphatic carbocycles. The third-order valence-corrected chi connectivity index (χ3v) is 2.93. The van der Waals surface area contributed by atoms with E-state index in [0.717, 1.165) is 56.8 Å². The molecular formula is C14H26N4O2. The van der Waals surface area contributed by atoms with Crippen LogP contribution in [0.25, 0.3) is 0 Å². The second-order valence-electron chi connectivity index (χ2n) is 4.60. The van der Waals surface area contributed by atoms with Crippen molar-refractivity contribution in [2.45, 2.75) is 39.0 Å². The summed E-state index contributed by atoms with van der Waals surface area (Å²) in [5, 5.41) is 15.2. The molecule has 1 aromatic rings. The number of rotatable bonds is 11. The van der Waals surface area contributed by atoms with Gasteiger partial charge in [-0.25, -0.2) is 9.97 Å². The van der Waals surface area contributed by atoms with Crippen LogP contribution < -0.4 is 15.4 Å². The van der Waals surface area contributed by atoms with Crippen molar-refractivity contribution < 1.29 is 9.84 Å². The van der Waals surface area contributed by atoms with E-state index in [0.29, 0.717) is 5.75 Å². The zero-order valence-corrected chi connectivity index (χ0v) is 12.5. The van der Waals surface area contributed by atoms with E-state index in [1.165, 1.54) is 6.33 Å². The summed E-state index contributed by atoms with van der Waals surface area (Å²) >= 11 is 0. The lowest BCUT2D eigenvalue weighted by Crippen LogP contribution is -2.09. The number of ether oxygens (including phenoxy) is 1. The van der Waals surface area contributed by atoms with Gasteiger partial charge in [0.1, 0.15) is 6.33 Å². The second-order valence-corrected chi connectivity index (χ2v) is 4.60. The minimum atomic E-state index is 0.277. The van der Waals surface area contributed by atoms with Gasteiger partial charge in [0.05, 0.1) is 7.11 Å². The summed E-state index contributed by atoms with van der Waals surface area (Å²) in [5.41, 5.74) is 0. The molecule has 1 rings (SSSR count). The summed E-state index contributed by atoms with van der Waals surface area (Å²) in [6.45, 7) is 4.08. The summed E-state index contributed by atoms with van der Waals surface area (Å²) in [4.78, 5) is 8.43. The highest BCUT2D eigenvalue weighted by Gasteiger charge is 2.10. The zero-order valence-electron chi connectivity index (χ0n) is 12.5. The van der Waals surface area contributed by atoms with Gasteiger partial charge in [-0.3, -0.25) is 0 Å². The van der Waals surface area contributed by atoms with Crippen LogP contribution >= 0.6 is 0 Å². The summed E-state index contributed by atoms with van der Waals surface area (Å²) in [5.74, 6) is 2.12. The molecule has 0 radical (unpaired) electrons. The molecule has 0 atom stereocenters. The van der Waals surface area contributed by atoms with Crippen molar-refractivity contribution in [3.63, 3.8) is 0 Å². The van der Waals surface area contributed by atoms with Crippen LogP contribution in [0.1, 0.15) is 39.0 Å². The molecule has 3 N–H and O–H groups in total. The largest absolute Gasteiger partial charge is 0.490 e. The smallest absolute Gasteiger partial charge is 0.204 e. The van der Waals surface area contributed by atoms with Crippen molar-refractivity contribution in [2.75, 3.05) is 37.4 Å². The maximum atomic E-state index is 8.71. The fourth-order valence-electron chi connectivity index (χ4n) is 1.86. The monoisotopic (exact) mass is 282 g/mol. The predicted octanol–water partition coefficient (Wildman–Crippen LogP) is 2.27. The Balaban J connectivity index is 2.47. The Morgan fingerprint density at radius 3 is 2.30 bits per heavy atom. The maximum absolute atomic E-state index is 8.71. The van der Waals surface area contributed by atoms with Gasteiger partial charge in [0.15, 0.2) is 11.6 Å². The van der Waals surface area contributed by atoms with Crippen LogP contribution in [-0.4, -0.2) is 41.9 Å². The Hall–Kier alpha value is -1.56. The van der Waals surface area contributed by atoms with E-state index in [-0.39, 0.29) is 6.61 Å². The fourth-order valence-corrected chi connectivity index (χ4v) is 1.86. The lowest BCUT2D eigenvalue weighted by Gasteiger charge is -2.13. The van der Waals surface area contributed by atoms with Crippen LogP contribution in [0.2, 0.25) is 0 Å². The Morgan fingerprint density at radius 1 is 1.05 bits per heavy atom. The number of nitrogens with zero attached hydrogens (tertiary/aromatic N) is 2. The minimum absolute atomic E-state index is 0.277. The van der Waals surface area contributed by atoms with E-state index >= 15 is 0 Å². The molecule has 6 nitrogen and oxygen atoms in total. The first-order valence-electron chi connectivity index (χ1n) is 7.31. The maximum Gasteiger partial charge on any atom is 0.204 e.